The molecule has 2 amide bonds. The number of aliphatic hydroxyl groups is 2. The Kier molecular flexibility index (Phi) is 7.63. The summed E-state index contributed by atoms with van der Waals surface area (Å²) in [6, 6.07) is -0.437. The van der Waals surface area contributed by atoms with Crippen molar-refractivity contribution in [3.8, 4) is 0 Å². The van der Waals surface area contributed by atoms with Gasteiger partial charge in [-0.15, -0.1) is 0 Å². The molecular formula is C14H27N3O4. The minimum atomic E-state index is -0.438. The number of rotatable bonds is 9. The molecule has 0 aromatic carbocycles. The number of nitrogens with one attached hydrogen (secondary N) is 2. The predicted molar refractivity (Wildman–Crippen MR) is 78.6 cm³/mol. The maximum atomic E-state index is 11.6. The van der Waals surface area contributed by atoms with Gasteiger partial charge >= 0.3 is 0 Å². The largest absolute Gasteiger partial charge is 0.392 e. The lowest BCUT2D eigenvalue weighted by atomic mass is 10.1. The monoisotopic (exact) mass is 301 g/mol. The number of carbonyl (C=O) groups excluding carboxylic acids is 2. The first-order valence-corrected chi connectivity index (χ1v) is 7.54. The summed E-state index contributed by atoms with van der Waals surface area (Å²) < 4.78 is 0. The molecular weight excluding hydrogens is 274 g/mol. The average molecular weight is 301 g/mol. The number of nitrogens with zero attached hydrogens (tertiary/aromatic N) is 1. The van der Waals surface area contributed by atoms with E-state index in [1.807, 2.05) is 4.90 Å². The number of piperazine rings is 1. The standard InChI is InChI=1S/C14H27N3O4/c1-10(18)8-17(9-11(2)19)6-4-3-5-12-14(21)15-7-13(20)16-12/h10-12,18-19H,3-9H2,1-2H3,(H,15,21)(H,16,20)/t10?,11?,12-/m1/s1. The van der Waals surface area contributed by atoms with Crippen molar-refractivity contribution in [1.29, 1.82) is 0 Å². The van der Waals surface area contributed by atoms with Gasteiger partial charge in [-0.25, -0.2) is 0 Å². The van der Waals surface area contributed by atoms with E-state index in [1.165, 1.54) is 0 Å². The summed E-state index contributed by atoms with van der Waals surface area (Å²) in [6.45, 7) is 5.29. The van der Waals surface area contributed by atoms with Gasteiger partial charge < -0.3 is 20.8 Å². The Labute approximate surface area is 125 Å². The molecule has 7 heteroatoms. The lowest BCUT2D eigenvalue weighted by Crippen LogP contribution is -2.56. The number of unbranched alkanes of at least 4 members (excludes halogenated alkanes) is 1. The van der Waals surface area contributed by atoms with E-state index < -0.39 is 18.2 Å². The van der Waals surface area contributed by atoms with Crippen molar-refractivity contribution < 1.29 is 19.8 Å². The summed E-state index contributed by atoms with van der Waals surface area (Å²) in [5.74, 6) is -0.274. The second-order valence-electron chi connectivity index (χ2n) is 5.79. The highest BCUT2D eigenvalue weighted by atomic mass is 16.3. The molecule has 0 spiro atoms. The molecule has 21 heavy (non-hydrogen) atoms. The Bertz CT molecular complexity index is 337. The smallest absolute Gasteiger partial charge is 0.243 e. The molecule has 1 saturated heterocycles. The lowest BCUT2D eigenvalue weighted by Gasteiger charge is -2.26. The van der Waals surface area contributed by atoms with Gasteiger partial charge in [0.25, 0.3) is 0 Å². The maximum Gasteiger partial charge on any atom is 0.243 e. The molecule has 122 valence electrons. The first kappa shape index (κ1) is 17.9. The molecule has 1 aliphatic rings. The van der Waals surface area contributed by atoms with Crippen molar-refractivity contribution in [1.82, 2.24) is 15.5 Å². The normalized spacial score (nSPS) is 21.9. The highest BCUT2D eigenvalue weighted by Gasteiger charge is 2.25. The minimum absolute atomic E-state index is 0.0614. The first-order valence-electron chi connectivity index (χ1n) is 7.54. The van der Waals surface area contributed by atoms with Crippen LogP contribution in [0.3, 0.4) is 0 Å². The van der Waals surface area contributed by atoms with Crippen LogP contribution in [0.5, 0.6) is 0 Å². The van der Waals surface area contributed by atoms with Crippen LogP contribution in [0, 0.1) is 0 Å². The van der Waals surface area contributed by atoms with Crippen LogP contribution in [0.4, 0.5) is 0 Å². The highest BCUT2D eigenvalue weighted by Crippen LogP contribution is 2.06. The molecule has 0 saturated carbocycles. The lowest BCUT2D eigenvalue weighted by molar-refractivity contribution is -0.133. The van der Waals surface area contributed by atoms with Gasteiger partial charge in [0.05, 0.1) is 18.8 Å². The second-order valence-corrected chi connectivity index (χ2v) is 5.79. The van der Waals surface area contributed by atoms with E-state index in [2.05, 4.69) is 10.6 Å². The van der Waals surface area contributed by atoms with E-state index in [1.54, 1.807) is 13.8 Å². The summed E-state index contributed by atoms with van der Waals surface area (Å²) >= 11 is 0. The highest BCUT2D eigenvalue weighted by molar-refractivity contribution is 5.94. The molecule has 3 atom stereocenters. The fraction of sp³-hybridized carbons (Fsp3) is 0.857. The third-order valence-electron chi connectivity index (χ3n) is 3.34. The fourth-order valence-corrected chi connectivity index (χ4v) is 2.49. The molecule has 1 rings (SSSR count). The first-order chi connectivity index (χ1) is 9.88. The van der Waals surface area contributed by atoms with Crippen LogP contribution in [0.25, 0.3) is 0 Å². The minimum Gasteiger partial charge on any atom is -0.392 e. The second kappa shape index (κ2) is 8.96. The Hall–Kier alpha value is -1.18. The van der Waals surface area contributed by atoms with E-state index in [0.29, 0.717) is 19.5 Å². The fourth-order valence-electron chi connectivity index (χ4n) is 2.49. The Morgan fingerprint density at radius 3 is 2.38 bits per heavy atom. The molecule has 0 aliphatic carbocycles. The average Bonchev–Trinajstić information content (AvgIpc) is 2.37. The van der Waals surface area contributed by atoms with Gasteiger partial charge in [0.1, 0.15) is 6.04 Å². The molecule has 1 aliphatic heterocycles. The van der Waals surface area contributed by atoms with E-state index in [9.17, 15) is 19.8 Å². The van der Waals surface area contributed by atoms with Gasteiger partial charge in [-0.2, -0.15) is 0 Å². The molecule has 0 aromatic heterocycles. The molecule has 0 radical (unpaired) electrons. The molecule has 0 aromatic rings. The number of hydrogen-bond donors (Lipinski definition) is 4. The Balaban J connectivity index is 2.26. The van der Waals surface area contributed by atoms with Crippen molar-refractivity contribution in [2.24, 2.45) is 0 Å². The van der Waals surface area contributed by atoms with Crippen molar-refractivity contribution in [2.75, 3.05) is 26.2 Å². The maximum absolute atomic E-state index is 11.6. The summed E-state index contributed by atoms with van der Waals surface area (Å²) in [4.78, 5) is 24.8. The van der Waals surface area contributed by atoms with Crippen LogP contribution >= 0.6 is 0 Å². The van der Waals surface area contributed by atoms with Gasteiger partial charge in [-0.05, 0) is 39.7 Å². The number of hydrogen-bond acceptors (Lipinski definition) is 5. The summed E-state index contributed by atoms with van der Waals surface area (Å²) in [7, 11) is 0. The summed E-state index contributed by atoms with van der Waals surface area (Å²) in [5, 5.41) is 24.1. The van der Waals surface area contributed by atoms with Gasteiger partial charge in [-0.1, -0.05) is 0 Å². The van der Waals surface area contributed by atoms with Crippen LogP contribution in [-0.2, 0) is 9.59 Å². The van der Waals surface area contributed by atoms with Gasteiger partial charge in [-0.3, -0.25) is 14.5 Å². The number of aliphatic hydroxyl groups excluding tert-OH is 2. The molecule has 1 fully saturated rings. The SMILES string of the molecule is CC(O)CN(CCCC[C@H]1NC(=O)CNC1=O)CC(C)O. The van der Waals surface area contributed by atoms with E-state index in [-0.39, 0.29) is 18.4 Å². The summed E-state index contributed by atoms with van der Waals surface area (Å²) in [5.41, 5.74) is 0. The van der Waals surface area contributed by atoms with E-state index in [4.69, 9.17) is 0 Å². The van der Waals surface area contributed by atoms with Gasteiger partial charge in [0.15, 0.2) is 0 Å². The zero-order valence-corrected chi connectivity index (χ0v) is 12.8. The van der Waals surface area contributed by atoms with Crippen molar-refractivity contribution >= 4 is 11.8 Å². The molecule has 4 N–H and O–H groups in total. The van der Waals surface area contributed by atoms with E-state index in [0.717, 1.165) is 19.4 Å². The summed E-state index contributed by atoms with van der Waals surface area (Å²) in [6.07, 6.45) is 1.38. The van der Waals surface area contributed by atoms with Crippen molar-refractivity contribution in [2.45, 2.75) is 51.4 Å². The van der Waals surface area contributed by atoms with Gasteiger partial charge in [0.2, 0.25) is 11.8 Å². The zero-order valence-electron chi connectivity index (χ0n) is 12.8. The quantitative estimate of drug-likeness (QED) is 0.402. The van der Waals surface area contributed by atoms with Crippen LogP contribution in [0.1, 0.15) is 33.1 Å². The van der Waals surface area contributed by atoms with Crippen LogP contribution in [0.2, 0.25) is 0 Å². The van der Waals surface area contributed by atoms with Crippen LogP contribution < -0.4 is 10.6 Å². The molecule has 2 unspecified atom stereocenters. The molecule has 7 nitrogen and oxygen atoms in total. The van der Waals surface area contributed by atoms with E-state index >= 15 is 0 Å². The number of carbonyl (C=O) groups is 2. The molecule has 0 bridgehead atoms. The Morgan fingerprint density at radius 1 is 1.19 bits per heavy atom. The molecule has 1 heterocycles. The van der Waals surface area contributed by atoms with Crippen molar-refractivity contribution in [3.05, 3.63) is 0 Å². The van der Waals surface area contributed by atoms with Crippen LogP contribution in [-0.4, -0.2) is 71.4 Å². The van der Waals surface area contributed by atoms with Gasteiger partial charge in [0, 0.05) is 13.1 Å². The van der Waals surface area contributed by atoms with Crippen molar-refractivity contribution in [3.63, 3.8) is 0 Å². The number of amides is 2. The predicted octanol–water partition coefficient (Wildman–Crippen LogP) is -1.17. The topological polar surface area (TPSA) is 102 Å². The third-order valence-corrected chi connectivity index (χ3v) is 3.34. The van der Waals surface area contributed by atoms with Crippen LogP contribution in [0.15, 0.2) is 0 Å². The zero-order chi connectivity index (χ0) is 15.8. The Morgan fingerprint density at radius 2 is 1.81 bits per heavy atom. The third kappa shape index (κ3) is 7.40.